The molecule has 1 aromatic heterocycles. The van der Waals surface area contributed by atoms with E-state index in [1.165, 1.54) is 0 Å². The summed E-state index contributed by atoms with van der Waals surface area (Å²) in [6.07, 6.45) is -10.6. The molecule has 1 rings (SSSR count). The third kappa shape index (κ3) is 3.20. The molecule has 2 nitrogen and oxygen atoms in total. The number of halogens is 8. The molecule has 0 bridgehead atoms. The third-order valence-corrected chi connectivity index (χ3v) is 1.71. The van der Waals surface area contributed by atoms with E-state index in [4.69, 9.17) is 0 Å². The van der Waals surface area contributed by atoms with Gasteiger partial charge in [-0.3, -0.25) is 0 Å². The van der Waals surface area contributed by atoms with Crippen molar-refractivity contribution < 1.29 is 39.9 Å². The summed E-state index contributed by atoms with van der Waals surface area (Å²) in [5.41, 5.74) is -3.57. The maximum atomic E-state index is 13.2. The Bertz CT molecular complexity index is 438. The number of ether oxygens (including phenoxy) is 1. The van der Waals surface area contributed by atoms with E-state index in [9.17, 15) is 35.1 Å². The number of hydrogen-bond acceptors (Lipinski definition) is 2. The van der Waals surface area contributed by atoms with Gasteiger partial charge in [0.05, 0.1) is 11.8 Å². The largest absolute Gasteiger partial charge is 0.573 e. The summed E-state index contributed by atoms with van der Waals surface area (Å²) in [6.45, 7) is -1.97. The number of aromatic nitrogens is 1. The minimum atomic E-state index is -5.32. The number of rotatable bonds is 2. The van der Waals surface area contributed by atoms with Crippen LogP contribution in [0.4, 0.5) is 35.1 Å². The van der Waals surface area contributed by atoms with Crippen molar-refractivity contribution in [2.24, 2.45) is 0 Å². The summed E-state index contributed by atoms with van der Waals surface area (Å²) in [5, 5.41) is 0. The minimum absolute atomic E-state index is 0.106. The number of alkyl halides is 7. The Hall–Kier alpha value is -1.61. The molecular weight excluding hydrogens is 278 g/mol. The van der Waals surface area contributed by atoms with Gasteiger partial charge in [0.2, 0.25) is 0 Å². The van der Waals surface area contributed by atoms with Gasteiger partial charge in [-0.05, 0) is 0 Å². The van der Waals surface area contributed by atoms with Gasteiger partial charge >= 0.3 is 12.5 Å². The standard InChI is InChI=1S/C8H3F8NO/c9-1-3-5(10)4(18-8(14,15)16)2-17-6(3)7(11,12)13/h2H,1H2. The maximum Gasteiger partial charge on any atom is 0.573 e. The molecule has 1 aromatic rings. The Labute approximate surface area is 94.2 Å². The monoisotopic (exact) mass is 281 g/mol. The number of hydrogen-bond donors (Lipinski definition) is 0. The van der Waals surface area contributed by atoms with Gasteiger partial charge in [0, 0.05) is 0 Å². The predicted molar refractivity (Wildman–Crippen MR) is 40.7 cm³/mol. The topological polar surface area (TPSA) is 22.1 Å². The highest BCUT2D eigenvalue weighted by atomic mass is 19.4. The van der Waals surface area contributed by atoms with Crippen molar-refractivity contribution in [1.82, 2.24) is 4.98 Å². The van der Waals surface area contributed by atoms with Crippen molar-refractivity contribution in [1.29, 1.82) is 0 Å². The number of pyridine rings is 1. The highest BCUT2D eigenvalue weighted by Gasteiger charge is 2.39. The van der Waals surface area contributed by atoms with E-state index < -0.39 is 42.0 Å². The molecule has 0 N–H and O–H groups in total. The molecule has 18 heavy (non-hydrogen) atoms. The van der Waals surface area contributed by atoms with E-state index in [1.54, 1.807) is 0 Å². The van der Waals surface area contributed by atoms with E-state index in [1.807, 2.05) is 0 Å². The van der Waals surface area contributed by atoms with Crippen molar-refractivity contribution in [3.05, 3.63) is 23.3 Å². The predicted octanol–water partition coefficient (Wildman–Crippen LogP) is 3.61. The van der Waals surface area contributed by atoms with Gasteiger partial charge in [-0.1, -0.05) is 0 Å². The summed E-state index contributed by atoms with van der Waals surface area (Å²) < 4.78 is 100. The van der Waals surface area contributed by atoms with Crippen LogP contribution in [-0.4, -0.2) is 11.3 Å². The molecule has 0 radical (unpaired) electrons. The second kappa shape index (κ2) is 4.58. The molecule has 0 saturated carbocycles. The normalized spacial score (nSPS) is 12.7. The fourth-order valence-electron chi connectivity index (χ4n) is 1.07. The van der Waals surface area contributed by atoms with Crippen LogP contribution in [0.1, 0.15) is 11.3 Å². The summed E-state index contributed by atoms with van der Waals surface area (Å²) in [7, 11) is 0. The van der Waals surface area contributed by atoms with E-state index in [2.05, 4.69) is 9.72 Å². The molecule has 0 saturated heterocycles. The maximum absolute atomic E-state index is 13.2. The average Bonchev–Trinajstić information content (AvgIpc) is 2.17. The summed E-state index contributed by atoms with van der Waals surface area (Å²) in [6, 6.07) is 0. The Morgan fingerprint density at radius 3 is 2.06 bits per heavy atom. The smallest absolute Gasteiger partial charge is 0.401 e. The Balaban J connectivity index is 3.29. The second-order valence-corrected chi connectivity index (χ2v) is 2.94. The van der Waals surface area contributed by atoms with Crippen LogP contribution in [0.25, 0.3) is 0 Å². The first-order valence-electron chi connectivity index (χ1n) is 4.12. The molecular formula is C8H3F8NO. The van der Waals surface area contributed by atoms with Crippen LogP contribution in [-0.2, 0) is 12.9 Å². The van der Waals surface area contributed by atoms with Gasteiger partial charge in [-0.25, -0.2) is 13.8 Å². The molecule has 0 spiro atoms. The molecule has 102 valence electrons. The lowest BCUT2D eigenvalue weighted by molar-refractivity contribution is -0.275. The fraction of sp³-hybridized carbons (Fsp3) is 0.375. The first-order valence-corrected chi connectivity index (χ1v) is 4.12. The first-order chi connectivity index (χ1) is 8.06. The van der Waals surface area contributed by atoms with Crippen molar-refractivity contribution in [2.75, 3.05) is 0 Å². The summed E-state index contributed by atoms with van der Waals surface area (Å²) in [4.78, 5) is 2.54. The summed E-state index contributed by atoms with van der Waals surface area (Å²) >= 11 is 0. The molecule has 0 atom stereocenters. The molecule has 0 fully saturated rings. The summed E-state index contributed by atoms with van der Waals surface area (Å²) in [5.74, 6) is -3.71. The first kappa shape index (κ1) is 14.5. The zero-order chi connectivity index (χ0) is 14.1. The van der Waals surface area contributed by atoms with Crippen LogP contribution in [0.15, 0.2) is 6.20 Å². The number of nitrogens with zero attached hydrogens (tertiary/aromatic N) is 1. The molecule has 10 heteroatoms. The van der Waals surface area contributed by atoms with E-state index in [-0.39, 0.29) is 6.20 Å². The van der Waals surface area contributed by atoms with E-state index in [0.29, 0.717) is 0 Å². The zero-order valence-corrected chi connectivity index (χ0v) is 8.16. The minimum Gasteiger partial charge on any atom is -0.401 e. The lowest BCUT2D eigenvalue weighted by atomic mass is 10.2. The highest BCUT2D eigenvalue weighted by molar-refractivity contribution is 5.33. The Kier molecular flexibility index (Phi) is 3.67. The van der Waals surface area contributed by atoms with Gasteiger partial charge in [0.1, 0.15) is 6.67 Å². The SMILES string of the molecule is FCc1c(C(F)(F)F)ncc(OC(F)(F)F)c1F. The van der Waals surface area contributed by atoms with Crippen LogP contribution in [0.5, 0.6) is 5.75 Å². The van der Waals surface area contributed by atoms with Crippen LogP contribution in [0.3, 0.4) is 0 Å². The van der Waals surface area contributed by atoms with Gasteiger partial charge in [-0.2, -0.15) is 13.2 Å². The third-order valence-electron chi connectivity index (χ3n) is 1.71. The van der Waals surface area contributed by atoms with Gasteiger partial charge in [-0.15, -0.1) is 13.2 Å². The average molecular weight is 281 g/mol. The molecule has 0 amide bonds. The molecule has 0 aliphatic carbocycles. The Morgan fingerprint density at radius 2 is 1.67 bits per heavy atom. The van der Waals surface area contributed by atoms with Gasteiger partial charge in [0.25, 0.3) is 0 Å². The molecule has 1 heterocycles. The molecule has 0 aliphatic heterocycles. The Morgan fingerprint density at radius 1 is 1.11 bits per heavy atom. The van der Waals surface area contributed by atoms with Gasteiger partial charge in [0.15, 0.2) is 17.3 Å². The molecule has 0 aromatic carbocycles. The van der Waals surface area contributed by atoms with Crippen molar-refractivity contribution in [3.8, 4) is 5.75 Å². The van der Waals surface area contributed by atoms with E-state index in [0.717, 1.165) is 0 Å². The van der Waals surface area contributed by atoms with Crippen molar-refractivity contribution >= 4 is 0 Å². The van der Waals surface area contributed by atoms with Crippen molar-refractivity contribution in [2.45, 2.75) is 19.2 Å². The van der Waals surface area contributed by atoms with Crippen LogP contribution in [0, 0.1) is 5.82 Å². The van der Waals surface area contributed by atoms with Crippen molar-refractivity contribution in [3.63, 3.8) is 0 Å². The lowest BCUT2D eigenvalue weighted by Gasteiger charge is -2.14. The fourth-order valence-corrected chi connectivity index (χ4v) is 1.07. The zero-order valence-electron chi connectivity index (χ0n) is 8.16. The highest BCUT2D eigenvalue weighted by Crippen LogP contribution is 2.35. The van der Waals surface area contributed by atoms with Crippen LogP contribution in [0.2, 0.25) is 0 Å². The second-order valence-electron chi connectivity index (χ2n) is 2.94. The van der Waals surface area contributed by atoms with E-state index >= 15 is 0 Å². The molecule has 0 aliphatic rings. The van der Waals surface area contributed by atoms with Crippen LogP contribution < -0.4 is 4.74 Å². The molecule has 0 unspecified atom stereocenters. The van der Waals surface area contributed by atoms with Crippen LogP contribution >= 0.6 is 0 Å². The lowest BCUT2D eigenvalue weighted by Crippen LogP contribution is -2.20. The van der Waals surface area contributed by atoms with Gasteiger partial charge < -0.3 is 4.74 Å². The quantitative estimate of drug-likeness (QED) is 0.772.